The lowest BCUT2D eigenvalue weighted by Gasteiger charge is -2.17. The van der Waals surface area contributed by atoms with Crippen molar-refractivity contribution in [1.82, 2.24) is 0 Å². The number of ether oxygens (including phenoxy) is 1. The first-order chi connectivity index (χ1) is 5.54. The highest BCUT2D eigenvalue weighted by Gasteiger charge is 2.23. The van der Waals surface area contributed by atoms with Crippen molar-refractivity contribution in [2.75, 3.05) is 7.11 Å². The number of carbonyl (C=O) groups excluding carboxylic acids is 1. The molecule has 0 aromatic carbocycles. The summed E-state index contributed by atoms with van der Waals surface area (Å²) in [6.07, 6.45) is -0.697. The lowest BCUT2D eigenvalue weighted by atomic mass is 10.0. The summed E-state index contributed by atoms with van der Waals surface area (Å²) in [5.74, 6) is -0.593. The zero-order valence-electron chi connectivity index (χ0n) is 7.53. The van der Waals surface area contributed by atoms with Crippen LogP contribution in [0.4, 0.5) is 0 Å². The molecule has 0 unspecified atom stereocenters. The van der Waals surface area contributed by atoms with Gasteiger partial charge in [0.1, 0.15) is 6.10 Å². The van der Waals surface area contributed by atoms with Crippen LogP contribution in [0.25, 0.3) is 0 Å². The first-order valence-corrected chi connectivity index (χ1v) is 3.62. The monoisotopic (exact) mass is 174 g/mol. The molecule has 1 N–H and O–H groups in total. The van der Waals surface area contributed by atoms with Crippen LogP contribution in [0.15, 0.2) is 12.2 Å². The van der Waals surface area contributed by atoms with E-state index < -0.39 is 12.1 Å². The molecule has 12 heavy (non-hydrogen) atoms. The Kier molecular flexibility index (Phi) is 4.54. The fraction of sp³-hybridized carbons (Fsp3) is 0.625. The second kappa shape index (κ2) is 4.90. The first-order valence-electron chi connectivity index (χ1n) is 3.62. The minimum atomic E-state index is -0.697. The quantitative estimate of drug-likeness (QED) is 0.301. The van der Waals surface area contributed by atoms with Gasteiger partial charge in [-0.15, -0.1) is 0 Å². The zero-order valence-corrected chi connectivity index (χ0v) is 7.53. The fourth-order valence-corrected chi connectivity index (χ4v) is 0.835. The molecular formula is C8H14O4. The van der Waals surface area contributed by atoms with Gasteiger partial charge in [-0.25, -0.2) is 9.68 Å². The van der Waals surface area contributed by atoms with Gasteiger partial charge in [0.25, 0.3) is 0 Å². The van der Waals surface area contributed by atoms with Crippen LogP contribution in [0.5, 0.6) is 0 Å². The molecule has 70 valence electrons. The largest absolute Gasteiger partial charge is 0.466 e. The Labute approximate surface area is 71.7 Å². The van der Waals surface area contributed by atoms with Crippen LogP contribution in [0, 0.1) is 5.92 Å². The molecule has 0 aromatic rings. The third-order valence-electron chi connectivity index (χ3n) is 1.51. The second-order valence-corrected chi connectivity index (χ2v) is 2.79. The van der Waals surface area contributed by atoms with E-state index in [1.807, 2.05) is 0 Å². The van der Waals surface area contributed by atoms with Gasteiger partial charge in [0, 0.05) is 0 Å². The number of carbonyl (C=O) groups is 1. The van der Waals surface area contributed by atoms with Gasteiger partial charge in [-0.3, -0.25) is 5.26 Å². The Morgan fingerprint density at radius 2 is 2.00 bits per heavy atom. The molecule has 0 bridgehead atoms. The molecule has 0 aliphatic carbocycles. The van der Waals surface area contributed by atoms with Crippen molar-refractivity contribution in [2.45, 2.75) is 20.0 Å². The van der Waals surface area contributed by atoms with Crippen LogP contribution < -0.4 is 0 Å². The summed E-state index contributed by atoms with van der Waals surface area (Å²) >= 11 is 0. The molecule has 0 amide bonds. The summed E-state index contributed by atoms with van der Waals surface area (Å²) in [6, 6.07) is 0. The van der Waals surface area contributed by atoms with Gasteiger partial charge in [-0.05, 0) is 5.92 Å². The Balaban J connectivity index is 4.32. The van der Waals surface area contributed by atoms with E-state index in [-0.39, 0.29) is 11.5 Å². The van der Waals surface area contributed by atoms with Crippen LogP contribution in [0.1, 0.15) is 13.8 Å². The van der Waals surface area contributed by atoms with Crippen LogP contribution in [0.3, 0.4) is 0 Å². The van der Waals surface area contributed by atoms with Crippen molar-refractivity contribution in [3.05, 3.63) is 12.2 Å². The van der Waals surface area contributed by atoms with Gasteiger partial charge >= 0.3 is 5.97 Å². The molecule has 0 rings (SSSR count). The molecule has 4 heteroatoms. The lowest BCUT2D eigenvalue weighted by Crippen LogP contribution is -2.25. The molecular weight excluding hydrogens is 160 g/mol. The molecule has 0 saturated heterocycles. The van der Waals surface area contributed by atoms with Gasteiger partial charge < -0.3 is 4.74 Å². The van der Waals surface area contributed by atoms with Crippen LogP contribution in [-0.2, 0) is 14.4 Å². The minimum absolute atomic E-state index is 0.0263. The molecule has 0 spiro atoms. The molecule has 0 fully saturated rings. The van der Waals surface area contributed by atoms with E-state index in [9.17, 15) is 4.79 Å². The summed E-state index contributed by atoms with van der Waals surface area (Å²) in [6.45, 7) is 7.06. The van der Waals surface area contributed by atoms with E-state index in [1.165, 1.54) is 7.11 Å². The predicted octanol–water partition coefficient (Wildman–Crippen LogP) is 1.23. The number of rotatable bonds is 4. The van der Waals surface area contributed by atoms with E-state index in [2.05, 4.69) is 16.2 Å². The molecule has 0 aromatic heterocycles. The van der Waals surface area contributed by atoms with Crippen molar-refractivity contribution in [2.24, 2.45) is 5.92 Å². The van der Waals surface area contributed by atoms with Crippen molar-refractivity contribution < 1.29 is 19.7 Å². The highest BCUT2D eigenvalue weighted by Crippen LogP contribution is 2.14. The average Bonchev–Trinajstić information content (AvgIpc) is 2.03. The van der Waals surface area contributed by atoms with Crippen molar-refractivity contribution in [1.29, 1.82) is 0 Å². The van der Waals surface area contributed by atoms with E-state index in [1.54, 1.807) is 13.8 Å². The van der Waals surface area contributed by atoms with Crippen LogP contribution in [0.2, 0.25) is 0 Å². The topological polar surface area (TPSA) is 55.8 Å². The Morgan fingerprint density at radius 1 is 1.50 bits per heavy atom. The van der Waals surface area contributed by atoms with E-state index in [0.29, 0.717) is 0 Å². The van der Waals surface area contributed by atoms with Crippen LogP contribution in [-0.4, -0.2) is 24.4 Å². The smallest absolute Gasteiger partial charge is 0.335 e. The highest BCUT2D eigenvalue weighted by molar-refractivity contribution is 5.88. The number of hydrogen-bond acceptors (Lipinski definition) is 4. The number of hydrogen-bond donors (Lipinski definition) is 1. The van der Waals surface area contributed by atoms with Gasteiger partial charge in [0.05, 0.1) is 12.7 Å². The first kappa shape index (κ1) is 11.1. The van der Waals surface area contributed by atoms with Crippen molar-refractivity contribution in [3.63, 3.8) is 0 Å². The standard InChI is InChI=1S/C8H14O4/c1-5(2)7(12-10)6(3)8(9)11-4/h5,7,10H,3H2,1-2,4H3/t7-/m0/s1. The SMILES string of the molecule is C=C(C(=O)OC)[C@@H](OO)C(C)C. The summed E-state index contributed by atoms with van der Waals surface area (Å²) in [4.78, 5) is 15.0. The normalized spacial score (nSPS) is 12.8. The molecule has 0 heterocycles. The summed E-state index contributed by atoms with van der Waals surface area (Å²) in [7, 11) is 1.25. The maximum Gasteiger partial charge on any atom is 0.335 e. The summed E-state index contributed by atoms with van der Waals surface area (Å²) < 4.78 is 4.42. The van der Waals surface area contributed by atoms with Crippen molar-refractivity contribution in [3.8, 4) is 0 Å². The maximum atomic E-state index is 10.9. The van der Waals surface area contributed by atoms with E-state index >= 15 is 0 Å². The summed E-state index contributed by atoms with van der Waals surface area (Å²) in [5, 5.41) is 8.44. The number of esters is 1. The van der Waals surface area contributed by atoms with Crippen LogP contribution >= 0.6 is 0 Å². The van der Waals surface area contributed by atoms with Gasteiger partial charge in [-0.2, -0.15) is 0 Å². The van der Waals surface area contributed by atoms with E-state index in [0.717, 1.165) is 0 Å². The predicted molar refractivity (Wildman–Crippen MR) is 43.5 cm³/mol. The minimum Gasteiger partial charge on any atom is -0.466 e. The third-order valence-corrected chi connectivity index (χ3v) is 1.51. The Bertz CT molecular complexity index is 174. The third kappa shape index (κ3) is 2.64. The molecule has 0 aliphatic heterocycles. The van der Waals surface area contributed by atoms with Gasteiger partial charge in [0.2, 0.25) is 0 Å². The zero-order chi connectivity index (χ0) is 9.72. The average molecular weight is 174 g/mol. The molecule has 0 radical (unpaired) electrons. The highest BCUT2D eigenvalue weighted by atomic mass is 17.1. The lowest BCUT2D eigenvalue weighted by molar-refractivity contribution is -0.277. The number of methoxy groups -OCH3 is 1. The van der Waals surface area contributed by atoms with Crippen molar-refractivity contribution >= 4 is 5.97 Å². The van der Waals surface area contributed by atoms with Gasteiger partial charge in [0.15, 0.2) is 0 Å². The molecule has 4 nitrogen and oxygen atoms in total. The molecule has 0 aliphatic rings. The summed E-state index contributed by atoms with van der Waals surface area (Å²) in [5.41, 5.74) is 0.120. The molecule has 1 atom stereocenters. The Hall–Kier alpha value is -0.870. The van der Waals surface area contributed by atoms with E-state index in [4.69, 9.17) is 5.26 Å². The fourth-order valence-electron chi connectivity index (χ4n) is 0.835. The molecule has 0 saturated carbocycles. The Morgan fingerprint density at radius 3 is 2.25 bits per heavy atom. The second-order valence-electron chi connectivity index (χ2n) is 2.79. The maximum absolute atomic E-state index is 10.9. The van der Waals surface area contributed by atoms with Gasteiger partial charge in [-0.1, -0.05) is 20.4 Å².